The second-order valence-corrected chi connectivity index (χ2v) is 8.70. The zero-order valence-corrected chi connectivity index (χ0v) is 18.5. The lowest BCUT2D eigenvalue weighted by Crippen LogP contribution is -2.35. The first-order chi connectivity index (χ1) is 15.6. The summed E-state index contributed by atoms with van der Waals surface area (Å²) in [4.78, 5) is 15.0. The molecule has 0 bridgehead atoms. The lowest BCUT2D eigenvalue weighted by atomic mass is 9.98. The Morgan fingerprint density at radius 1 is 1.19 bits per heavy atom. The molecule has 0 aliphatic carbocycles. The van der Waals surface area contributed by atoms with Crippen LogP contribution in [0.4, 0.5) is 11.6 Å². The average molecular weight is 432 g/mol. The molecule has 0 radical (unpaired) electrons. The van der Waals surface area contributed by atoms with Crippen LogP contribution in [0.15, 0.2) is 42.6 Å². The van der Waals surface area contributed by atoms with Gasteiger partial charge in [0, 0.05) is 32.0 Å². The van der Waals surface area contributed by atoms with Crippen LogP contribution in [-0.2, 0) is 0 Å². The number of hydrogen-bond donors (Lipinski definition) is 4. The normalized spacial score (nSPS) is 15.9. The molecule has 0 spiro atoms. The quantitative estimate of drug-likeness (QED) is 0.367. The highest BCUT2D eigenvalue weighted by molar-refractivity contribution is 5.79. The van der Waals surface area contributed by atoms with Crippen LogP contribution in [-0.4, -0.2) is 50.0 Å². The number of benzene rings is 1. The van der Waals surface area contributed by atoms with Crippen molar-refractivity contribution in [2.24, 2.45) is 5.92 Å². The molecule has 1 unspecified atom stereocenters. The van der Waals surface area contributed by atoms with Crippen molar-refractivity contribution in [2.45, 2.75) is 32.7 Å². The monoisotopic (exact) mass is 431 g/mol. The number of aromatic amines is 2. The maximum absolute atomic E-state index is 9.32. The standard InChI is InChI=1S/C24H29N7O/c1-15-3-5-19-20(11-15)28-24(27-19)21-12-22(30-29-21)26-16(2)18-4-6-23(25-13-18)31-9-7-17(14-32)8-10-31/h3-6,11-13,16-17,32H,7-10,14H2,1-2H3,(H,27,28)(H2,26,29,30). The number of H-pyrrole nitrogens is 2. The fourth-order valence-corrected chi connectivity index (χ4v) is 4.26. The molecule has 4 aromatic rings. The van der Waals surface area contributed by atoms with E-state index in [0.717, 1.165) is 65.7 Å². The number of aliphatic hydroxyl groups is 1. The van der Waals surface area contributed by atoms with Crippen molar-refractivity contribution in [3.05, 3.63) is 53.7 Å². The van der Waals surface area contributed by atoms with E-state index in [1.165, 1.54) is 5.56 Å². The molecule has 8 nitrogen and oxygen atoms in total. The molecule has 0 saturated carbocycles. The largest absolute Gasteiger partial charge is 0.396 e. The molecule has 1 saturated heterocycles. The van der Waals surface area contributed by atoms with E-state index in [-0.39, 0.29) is 12.6 Å². The van der Waals surface area contributed by atoms with Crippen LogP contribution in [0, 0.1) is 12.8 Å². The van der Waals surface area contributed by atoms with E-state index < -0.39 is 0 Å². The first kappa shape index (κ1) is 20.5. The van der Waals surface area contributed by atoms with Crippen molar-refractivity contribution in [3.8, 4) is 11.5 Å². The number of aryl methyl sites for hydroxylation is 1. The number of fused-ring (bicyclic) bond motifs is 1. The van der Waals surface area contributed by atoms with Gasteiger partial charge in [-0.3, -0.25) is 5.10 Å². The van der Waals surface area contributed by atoms with Gasteiger partial charge in [-0.1, -0.05) is 12.1 Å². The lowest BCUT2D eigenvalue weighted by molar-refractivity contribution is 0.203. The van der Waals surface area contributed by atoms with Gasteiger partial charge in [-0.05, 0) is 61.9 Å². The van der Waals surface area contributed by atoms with Gasteiger partial charge in [-0.15, -0.1) is 0 Å². The number of piperidine rings is 1. The third-order valence-corrected chi connectivity index (χ3v) is 6.30. The van der Waals surface area contributed by atoms with E-state index in [0.29, 0.717) is 5.92 Å². The SMILES string of the molecule is Cc1ccc2nc(-c3cc(NC(C)c4ccc(N5CCC(CO)CC5)nc4)n[nH]3)[nH]c2c1. The van der Waals surface area contributed by atoms with Crippen molar-refractivity contribution in [2.75, 3.05) is 29.9 Å². The van der Waals surface area contributed by atoms with Gasteiger partial charge in [0.2, 0.25) is 0 Å². The summed E-state index contributed by atoms with van der Waals surface area (Å²) >= 11 is 0. The van der Waals surface area contributed by atoms with Crippen LogP contribution in [0.1, 0.15) is 36.9 Å². The minimum atomic E-state index is 0.0612. The number of nitrogens with one attached hydrogen (secondary N) is 3. The number of pyridine rings is 1. The van der Waals surface area contributed by atoms with Gasteiger partial charge in [0.1, 0.15) is 17.3 Å². The Kier molecular flexibility index (Phi) is 5.53. The van der Waals surface area contributed by atoms with Gasteiger partial charge in [0.05, 0.1) is 17.1 Å². The number of anilines is 2. The molecule has 32 heavy (non-hydrogen) atoms. The minimum Gasteiger partial charge on any atom is -0.396 e. The maximum atomic E-state index is 9.32. The van der Waals surface area contributed by atoms with Gasteiger partial charge in [-0.2, -0.15) is 5.10 Å². The molecule has 3 aromatic heterocycles. The van der Waals surface area contributed by atoms with E-state index in [9.17, 15) is 5.11 Å². The highest BCUT2D eigenvalue weighted by Crippen LogP contribution is 2.26. The molecule has 1 fully saturated rings. The van der Waals surface area contributed by atoms with Crippen molar-refractivity contribution >= 4 is 22.7 Å². The van der Waals surface area contributed by atoms with Crippen molar-refractivity contribution in [1.29, 1.82) is 0 Å². The molecule has 5 rings (SSSR count). The third-order valence-electron chi connectivity index (χ3n) is 6.30. The van der Waals surface area contributed by atoms with Crippen LogP contribution in [0.2, 0.25) is 0 Å². The summed E-state index contributed by atoms with van der Waals surface area (Å²) in [5, 5.41) is 20.2. The number of rotatable bonds is 6. The number of nitrogens with zero attached hydrogens (tertiary/aromatic N) is 4. The molecule has 4 N–H and O–H groups in total. The van der Waals surface area contributed by atoms with Crippen molar-refractivity contribution < 1.29 is 5.11 Å². The lowest BCUT2D eigenvalue weighted by Gasteiger charge is -2.32. The predicted molar refractivity (Wildman–Crippen MR) is 127 cm³/mol. The summed E-state index contributed by atoms with van der Waals surface area (Å²) in [6, 6.07) is 12.4. The van der Waals surface area contributed by atoms with Gasteiger partial charge in [0.15, 0.2) is 5.82 Å². The molecule has 4 heterocycles. The summed E-state index contributed by atoms with van der Waals surface area (Å²) in [7, 11) is 0. The van der Waals surface area contributed by atoms with E-state index in [1.807, 2.05) is 18.3 Å². The average Bonchev–Trinajstić information content (AvgIpc) is 3.46. The summed E-state index contributed by atoms with van der Waals surface area (Å²) in [5.41, 5.74) is 5.10. The Balaban J connectivity index is 1.24. The topological polar surface area (TPSA) is 106 Å². The molecule has 1 aliphatic heterocycles. The molecule has 1 aliphatic rings. The van der Waals surface area contributed by atoms with Gasteiger partial charge < -0.3 is 20.3 Å². The van der Waals surface area contributed by atoms with Crippen LogP contribution in [0.5, 0.6) is 0 Å². The molecule has 0 amide bonds. The number of hydrogen-bond acceptors (Lipinski definition) is 6. The Morgan fingerprint density at radius 2 is 2.03 bits per heavy atom. The third kappa shape index (κ3) is 4.18. The fraction of sp³-hybridized carbons (Fsp3) is 0.375. The Hall–Kier alpha value is -3.39. The van der Waals surface area contributed by atoms with Gasteiger partial charge in [-0.25, -0.2) is 9.97 Å². The van der Waals surface area contributed by atoms with Crippen LogP contribution in [0.25, 0.3) is 22.6 Å². The second-order valence-electron chi connectivity index (χ2n) is 8.70. The number of aliphatic hydroxyl groups excluding tert-OH is 1. The smallest absolute Gasteiger partial charge is 0.156 e. The van der Waals surface area contributed by atoms with Crippen LogP contribution in [0.3, 0.4) is 0 Å². The summed E-state index contributed by atoms with van der Waals surface area (Å²) in [6.45, 7) is 6.35. The molecular formula is C24H29N7O. The van der Waals surface area contributed by atoms with Crippen LogP contribution < -0.4 is 10.2 Å². The summed E-state index contributed by atoms with van der Waals surface area (Å²) < 4.78 is 0. The Morgan fingerprint density at radius 3 is 2.78 bits per heavy atom. The molecule has 1 atom stereocenters. The van der Waals surface area contributed by atoms with E-state index >= 15 is 0 Å². The number of aromatic nitrogens is 5. The summed E-state index contributed by atoms with van der Waals surface area (Å²) in [6.07, 6.45) is 3.97. The predicted octanol–water partition coefficient (Wildman–Crippen LogP) is 4.04. The fourth-order valence-electron chi connectivity index (χ4n) is 4.26. The molecule has 1 aromatic carbocycles. The maximum Gasteiger partial charge on any atom is 0.156 e. The second kappa shape index (κ2) is 8.63. The van der Waals surface area contributed by atoms with Crippen molar-refractivity contribution in [1.82, 2.24) is 25.1 Å². The molecular weight excluding hydrogens is 402 g/mol. The van der Waals surface area contributed by atoms with Gasteiger partial charge in [0.25, 0.3) is 0 Å². The Labute approximate surface area is 187 Å². The van der Waals surface area contributed by atoms with Crippen LogP contribution >= 0.6 is 0 Å². The van der Waals surface area contributed by atoms with E-state index in [1.54, 1.807) is 0 Å². The minimum absolute atomic E-state index is 0.0612. The Bertz CT molecular complexity index is 1190. The van der Waals surface area contributed by atoms with Crippen molar-refractivity contribution in [3.63, 3.8) is 0 Å². The van der Waals surface area contributed by atoms with E-state index in [2.05, 4.69) is 73.5 Å². The summed E-state index contributed by atoms with van der Waals surface area (Å²) in [5.74, 6) is 2.96. The first-order valence-corrected chi connectivity index (χ1v) is 11.2. The highest BCUT2D eigenvalue weighted by Gasteiger charge is 2.19. The zero-order chi connectivity index (χ0) is 22.1. The zero-order valence-electron chi connectivity index (χ0n) is 18.5. The highest BCUT2D eigenvalue weighted by atomic mass is 16.3. The molecule has 8 heteroatoms. The van der Waals surface area contributed by atoms with Gasteiger partial charge >= 0.3 is 0 Å². The van der Waals surface area contributed by atoms with E-state index in [4.69, 9.17) is 0 Å². The molecule has 166 valence electrons. The first-order valence-electron chi connectivity index (χ1n) is 11.2. The number of imidazole rings is 1.